The summed E-state index contributed by atoms with van der Waals surface area (Å²) in [5, 5.41) is 6.50. The van der Waals surface area contributed by atoms with Crippen molar-refractivity contribution in [1.29, 1.82) is 0 Å². The molecule has 0 saturated carbocycles. The second-order valence-electron chi connectivity index (χ2n) is 0.448. The van der Waals surface area contributed by atoms with Crippen molar-refractivity contribution in [2.24, 2.45) is 17.6 Å². The van der Waals surface area contributed by atoms with Crippen LogP contribution in [0.1, 0.15) is 0 Å². The van der Waals surface area contributed by atoms with Crippen LogP contribution in [-0.4, -0.2) is 22.7 Å². The van der Waals surface area contributed by atoms with E-state index < -0.39 is 10.4 Å². The second kappa shape index (κ2) is 10.6. The molecular formula is H9N3O5S. The van der Waals surface area contributed by atoms with Gasteiger partial charge in [-0.15, -0.1) is 0 Å². The van der Waals surface area contributed by atoms with Gasteiger partial charge in [-0.25, -0.2) is 5.90 Å². The van der Waals surface area contributed by atoms with Crippen LogP contribution < -0.4 is 17.6 Å². The van der Waals surface area contributed by atoms with Crippen LogP contribution in [0, 0.1) is 0 Å². The molecule has 0 saturated heterocycles. The van der Waals surface area contributed by atoms with Crippen LogP contribution in [0.25, 0.3) is 0 Å². The van der Waals surface area contributed by atoms with Gasteiger partial charge in [-0.2, -0.15) is 8.42 Å². The van der Waals surface area contributed by atoms with Crippen LogP contribution in [0.5, 0.6) is 0 Å². The average molecular weight is 163 g/mol. The zero-order valence-electron chi connectivity index (χ0n) is 4.30. The fraction of sp³-hybridized carbons (Fsp3) is 0. The first-order valence-electron chi connectivity index (χ1n) is 1.29. The minimum absolute atomic E-state index is 3.50. The number of hydrazine groups is 1. The molecule has 0 atom stereocenters. The predicted molar refractivity (Wildman–Crippen MR) is 28.5 cm³/mol. The lowest BCUT2D eigenvalue weighted by molar-refractivity contribution is 0.311. The van der Waals surface area contributed by atoms with Gasteiger partial charge in [0.05, 0.1) is 0 Å². The first kappa shape index (κ1) is 15.9. The molecule has 9 heavy (non-hydrogen) atoms. The quantitative estimate of drug-likeness (QED) is 0.129. The van der Waals surface area contributed by atoms with E-state index in [0.717, 1.165) is 0 Å². The van der Waals surface area contributed by atoms with Crippen molar-refractivity contribution in [3.8, 4) is 0 Å². The van der Waals surface area contributed by atoms with Crippen LogP contribution in [0.3, 0.4) is 0 Å². The molecule has 0 aliphatic heterocycles. The molecule has 0 fully saturated rings. The van der Waals surface area contributed by atoms with Gasteiger partial charge in [-0.05, 0) is 0 Å². The minimum Gasteiger partial charge on any atom is -0.320 e. The molecule has 0 aromatic rings. The Bertz CT molecular complexity index is 95.4. The third-order valence-corrected chi connectivity index (χ3v) is 0. The van der Waals surface area contributed by atoms with Crippen molar-refractivity contribution in [2.75, 3.05) is 0 Å². The Morgan fingerprint density at radius 1 is 1.00 bits per heavy atom. The third kappa shape index (κ3) is 2990. The van der Waals surface area contributed by atoms with Crippen molar-refractivity contribution in [2.45, 2.75) is 0 Å². The molecule has 9 heteroatoms. The zero-order chi connectivity index (χ0) is 8.50. The van der Waals surface area contributed by atoms with E-state index in [0.29, 0.717) is 0 Å². The summed E-state index contributed by atoms with van der Waals surface area (Å²) >= 11 is 0. The summed E-state index contributed by atoms with van der Waals surface area (Å²) in [5.41, 5.74) is 0. The van der Waals surface area contributed by atoms with Gasteiger partial charge in [0.15, 0.2) is 0 Å². The van der Waals surface area contributed by atoms with E-state index >= 15 is 0 Å². The SMILES string of the molecule is NN.NO.O=S(=O)(O)O. The maximum absolute atomic E-state index is 8.74. The molecule has 0 amide bonds. The van der Waals surface area contributed by atoms with Gasteiger partial charge in [0.25, 0.3) is 0 Å². The van der Waals surface area contributed by atoms with Crippen LogP contribution in [0.15, 0.2) is 0 Å². The van der Waals surface area contributed by atoms with Crippen molar-refractivity contribution < 1.29 is 22.7 Å². The van der Waals surface area contributed by atoms with E-state index in [1.807, 2.05) is 0 Å². The molecule has 0 rings (SSSR count). The topological polar surface area (TPSA) is 173 Å². The highest BCUT2D eigenvalue weighted by Gasteiger charge is 1.84. The Morgan fingerprint density at radius 2 is 1.00 bits per heavy atom. The van der Waals surface area contributed by atoms with Gasteiger partial charge < -0.3 is 5.21 Å². The van der Waals surface area contributed by atoms with Gasteiger partial charge in [-0.1, -0.05) is 0 Å². The van der Waals surface area contributed by atoms with Gasteiger partial charge >= 0.3 is 10.4 Å². The molecule has 0 unspecified atom stereocenters. The molecular weight excluding hydrogens is 154 g/mol. The highest BCUT2D eigenvalue weighted by atomic mass is 32.3. The first-order chi connectivity index (χ1) is 4.00. The lowest BCUT2D eigenvalue weighted by Gasteiger charge is -1.68. The van der Waals surface area contributed by atoms with Crippen LogP contribution in [0.2, 0.25) is 0 Å². The van der Waals surface area contributed by atoms with E-state index in [4.69, 9.17) is 22.7 Å². The zero-order valence-corrected chi connectivity index (χ0v) is 5.11. The summed E-state index contributed by atoms with van der Waals surface area (Å²) in [6, 6.07) is 0. The van der Waals surface area contributed by atoms with Crippen molar-refractivity contribution in [3.05, 3.63) is 0 Å². The Hall–Kier alpha value is -0.290. The van der Waals surface area contributed by atoms with Crippen molar-refractivity contribution in [1.82, 2.24) is 0 Å². The molecule has 0 aliphatic carbocycles. The molecule has 8 nitrogen and oxygen atoms in total. The van der Waals surface area contributed by atoms with Crippen LogP contribution >= 0.6 is 0 Å². The van der Waals surface area contributed by atoms with Gasteiger partial charge in [0.1, 0.15) is 0 Å². The third-order valence-electron chi connectivity index (χ3n) is 0. The summed E-state index contributed by atoms with van der Waals surface area (Å²) in [6.07, 6.45) is 0. The minimum atomic E-state index is -4.67. The fourth-order valence-corrected chi connectivity index (χ4v) is 0. The number of rotatable bonds is 0. The van der Waals surface area contributed by atoms with E-state index in [1.165, 1.54) is 0 Å². The summed E-state index contributed by atoms with van der Waals surface area (Å²) in [5.74, 6) is 11.5. The lowest BCUT2D eigenvalue weighted by atomic mass is 13.0. The van der Waals surface area contributed by atoms with E-state index in [1.54, 1.807) is 0 Å². The fourth-order valence-electron chi connectivity index (χ4n) is 0. The van der Waals surface area contributed by atoms with E-state index in [-0.39, 0.29) is 0 Å². The standard InChI is InChI=1S/H4N2.H3NO.H2O4S/c2*1-2;1-5(2,3)4/h1-2H2;2H,1H2;(H2,1,2,3,4). The Balaban J connectivity index is -0.0000000771. The summed E-state index contributed by atoms with van der Waals surface area (Å²) < 4.78 is 31.6. The number of hydrogen-bond acceptors (Lipinski definition) is 6. The van der Waals surface area contributed by atoms with E-state index in [9.17, 15) is 0 Å². The largest absolute Gasteiger partial charge is 0.394 e. The molecule has 60 valence electrons. The van der Waals surface area contributed by atoms with Gasteiger partial charge in [0, 0.05) is 0 Å². The van der Waals surface area contributed by atoms with Gasteiger partial charge in [0.2, 0.25) is 0 Å². The molecule has 0 aliphatic rings. The lowest BCUT2D eigenvalue weighted by Crippen LogP contribution is -2.02. The first-order valence-corrected chi connectivity index (χ1v) is 2.69. The normalized spacial score (nSPS) is 7.78. The monoisotopic (exact) mass is 163 g/mol. The summed E-state index contributed by atoms with van der Waals surface area (Å²) in [7, 11) is -4.67. The number of nitrogens with two attached hydrogens (primary N) is 3. The maximum atomic E-state index is 8.74. The highest BCUT2D eigenvalue weighted by Crippen LogP contribution is 1.59. The second-order valence-corrected chi connectivity index (χ2v) is 1.34. The predicted octanol–water partition coefficient (Wildman–Crippen LogP) is -2.50. The maximum Gasteiger partial charge on any atom is 0.394 e. The molecule has 0 radical (unpaired) electrons. The van der Waals surface area contributed by atoms with Crippen LogP contribution in [0.4, 0.5) is 0 Å². The van der Waals surface area contributed by atoms with E-state index in [2.05, 4.69) is 17.6 Å². The Labute approximate surface area is 51.8 Å². The Morgan fingerprint density at radius 3 is 1.00 bits per heavy atom. The summed E-state index contributed by atoms with van der Waals surface area (Å²) in [6.45, 7) is 0. The number of hydrogen-bond donors (Lipinski definition) is 6. The van der Waals surface area contributed by atoms with Gasteiger partial charge in [-0.3, -0.25) is 20.8 Å². The molecule has 9 N–H and O–H groups in total. The van der Waals surface area contributed by atoms with Crippen molar-refractivity contribution >= 4 is 10.4 Å². The Kier molecular flexibility index (Phi) is 18.8. The molecule has 0 heterocycles. The molecule has 0 aromatic heterocycles. The molecule has 0 spiro atoms. The summed E-state index contributed by atoms with van der Waals surface area (Å²) in [4.78, 5) is 0. The molecule has 0 bridgehead atoms. The average Bonchev–Trinajstić information content (AvgIpc) is 1.72. The molecule has 0 aromatic carbocycles. The smallest absolute Gasteiger partial charge is 0.320 e. The highest BCUT2D eigenvalue weighted by molar-refractivity contribution is 7.79. The van der Waals surface area contributed by atoms with Crippen LogP contribution in [-0.2, 0) is 10.4 Å². The van der Waals surface area contributed by atoms with Crippen molar-refractivity contribution in [3.63, 3.8) is 0 Å².